The molecule has 0 fully saturated rings. The fourth-order valence-corrected chi connectivity index (χ4v) is 2.51. The Kier molecular flexibility index (Phi) is 2.20. The van der Waals surface area contributed by atoms with Crippen molar-refractivity contribution in [1.82, 2.24) is 4.98 Å². The minimum absolute atomic E-state index is 0.583. The largest absolute Gasteiger partial charge is 0.253 e. The molecule has 2 aromatic rings. The second kappa shape index (κ2) is 3.58. The summed E-state index contributed by atoms with van der Waals surface area (Å²) < 4.78 is 0. The lowest BCUT2D eigenvalue weighted by atomic mass is 10.0. The zero-order valence-electron chi connectivity index (χ0n) is 9.96. The number of aromatic nitrogens is 1. The van der Waals surface area contributed by atoms with Gasteiger partial charge in [0.05, 0.1) is 5.52 Å². The highest BCUT2D eigenvalue weighted by Crippen LogP contribution is 2.26. The van der Waals surface area contributed by atoms with Crippen LogP contribution in [-0.2, 0) is 12.8 Å². The van der Waals surface area contributed by atoms with Gasteiger partial charge in [0, 0.05) is 11.1 Å². The van der Waals surface area contributed by atoms with Crippen LogP contribution in [0.2, 0.25) is 0 Å². The molecule has 1 nitrogen and oxygen atoms in total. The van der Waals surface area contributed by atoms with Crippen LogP contribution in [0.5, 0.6) is 0 Å². The van der Waals surface area contributed by atoms with Gasteiger partial charge >= 0.3 is 0 Å². The molecule has 0 N–H and O–H groups in total. The zero-order chi connectivity index (χ0) is 11.1. The van der Waals surface area contributed by atoms with Crippen molar-refractivity contribution in [3.63, 3.8) is 0 Å². The predicted octanol–water partition coefficient (Wildman–Crippen LogP) is 3.85. The third-order valence-corrected chi connectivity index (χ3v) is 3.54. The fourth-order valence-electron chi connectivity index (χ4n) is 2.51. The standard InChI is InChI=1S/C15H17N/c1-10(2)11-6-7-13-8-12-4-3-5-14(12)16-15(13)9-11/h6-10H,3-5H2,1-2H3. The van der Waals surface area contributed by atoms with Gasteiger partial charge in [0.25, 0.3) is 0 Å². The van der Waals surface area contributed by atoms with Crippen molar-refractivity contribution in [1.29, 1.82) is 0 Å². The Labute approximate surface area is 96.5 Å². The fraction of sp³-hybridized carbons (Fsp3) is 0.400. The topological polar surface area (TPSA) is 12.9 Å². The van der Waals surface area contributed by atoms with E-state index in [-0.39, 0.29) is 0 Å². The van der Waals surface area contributed by atoms with Crippen LogP contribution in [0.25, 0.3) is 10.9 Å². The maximum Gasteiger partial charge on any atom is 0.0708 e. The molecule has 16 heavy (non-hydrogen) atoms. The first kappa shape index (κ1) is 9.83. The Morgan fingerprint density at radius 1 is 1.12 bits per heavy atom. The van der Waals surface area contributed by atoms with Crippen molar-refractivity contribution in [2.24, 2.45) is 0 Å². The van der Waals surface area contributed by atoms with Crippen molar-refractivity contribution in [2.45, 2.75) is 39.0 Å². The maximum atomic E-state index is 4.80. The first-order chi connectivity index (χ1) is 7.74. The Morgan fingerprint density at radius 3 is 2.81 bits per heavy atom. The number of benzene rings is 1. The van der Waals surface area contributed by atoms with E-state index in [1.54, 1.807) is 0 Å². The van der Waals surface area contributed by atoms with Gasteiger partial charge in [-0.15, -0.1) is 0 Å². The Bertz CT molecular complexity index is 540. The highest BCUT2D eigenvalue weighted by atomic mass is 14.7. The van der Waals surface area contributed by atoms with Crippen molar-refractivity contribution in [2.75, 3.05) is 0 Å². The van der Waals surface area contributed by atoms with Crippen LogP contribution >= 0.6 is 0 Å². The third-order valence-electron chi connectivity index (χ3n) is 3.54. The molecule has 0 spiro atoms. The molecule has 1 aromatic carbocycles. The van der Waals surface area contributed by atoms with Crippen molar-refractivity contribution in [3.05, 3.63) is 41.1 Å². The summed E-state index contributed by atoms with van der Waals surface area (Å²) in [5.41, 5.74) is 5.35. The summed E-state index contributed by atoms with van der Waals surface area (Å²) in [6.07, 6.45) is 3.65. The number of hydrogen-bond donors (Lipinski definition) is 0. The smallest absolute Gasteiger partial charge is 0.0708 e. The Morgan fingerprint density at radius 2 is 2.00 bits per heavy atom. The second-order valence-corrected chi connectivity index (χ2v) is 5.05. The van der Waals surface area contributed by atoms with Crippen LogP contribution in [0, 0.1) is 0 Å². The van der Waals surface area contributed by atoms with Crippen molar-refractivity contribution in [3.8, 4) is 0 Å². The molecular weight excluding hydrogens is 194 g/mol. The molecule has 0 saturated carbocycles. The summed E-state index contributed by atoms with van der Waals surface area (Å²) in [4.78, 5) is 4.80. The number of fused-ring (bicyclic) bond motifs is 2. The summed E-state index contributed by atoms with van der Waals surface area (Å²) in [6, 6.07) is 9.03. The van der Waals surface area contributed by atoms with Gasteiger partial charge in [-0.05, 0) is 48.4 Å². The molecule has 0 amide bonds. The van der Waals surface area contributed by atoms with E-state index in [1.807, 2.05) is 0 Å². The number of hydrogen-bond acceptors (Lipinski definition) is 1. The summed E-state index contributed by atoms with van der Waals surface area (Å²) >= 11 is 0. The van der Waals surface area contributed by atoms with Gasteiger partial charge in [-0.2, -0.15) is 0 Å². The first-order valence-electron chi connectivity index (χ1n) is 6.16. The third kappa shape index (κ3) is 1.51. The Balaban J connectivity index is 2.20. The summed E-state index contributed by atoms with van der Waals surface area (Å²) in [5.74, 6) is 0.583. The van der Waals surface area contributed by atoms with Crippen molar-refractivity contribution < 1.29 is 0 Å². The van der Waals surface area contributed by atoms with E-state index in [0.29, 0.717) is 5.92 Å². The molecule has 1 aliphatic rings. The second-order valence-electron chi connectivity index (χ2n) is 5.05. The van der Waals surface area contributed by atoms with Gasteiger partial charge in [-0.1, -0.05) is 26.0 Å². The van der Waals surface area contributed by atoms with E-state index >= 15 is 0 Å². The van der Waals surface area contributed by atoms with E-state index in [4.69, 9.17) is 4.98 Å². The maximum absolute atomic E-state index is 4.80. The van der Waals surface area contributed by atoms with E-state index in [9.17, 15) is 0 Å². The molecule has 1 aliphatic carbocycles. The summed E-state index contributed by atoms with van der Waals surface area (Å²) in [5, 5.41) is 1.30. The van der Waals surface area contributed by atoms with Gasteiger partial charge in [0.15, 0.2) is 0 Å². The van der Waals surface area contributed by atoms with E-state index in [2.05, 4.69) is 38.1 Å². The molecule has 0 unspecified atom stereocenters. The SMILES string of the molecule is CC(C)c1ccc2cc3c(nc2c1)CCC3. The van der Waals surface area contributed by atoms with Crippen LogP contribution in [0.3, 0.4) is 0 Å². The number of rotatable bonds is 1. The zero-order valence-corrected chi connectivity index (χ0v) is 9.96. The van der Waals surface area contributed by atoms with Gasteiger partial charge in [0.1, 0.15) is 0 Å². The minimum atomic E-state index is 0.583. The van der Waals surface area contributed by atoms with Gasteiger partial charge in [0.2, 0.25) is 0 Å². The lowest BCUT2D eigenvalue weighted by molar-refractivity contribution is 0.867. The van der Waals surface area contributed by atoms with Gasteiger partial charge in [-0.25, -0.2) is 0 Å². The van der Waals surface area contributed by atoms with Crippen LogP contribution in [0.4, 0.5) is 0 Å². The highest BCUT2D eigenvalue weighted by molar-refractivity contribution is 5.80. The lowest BCUT2D eigenvalue weighted by Crippen LogP contribution is -1.92. The molecule has 0 atom stereocenters. The van der Waals surface area contributed by atoms with E-state index in [0.717, 1.165) is 6.42 Å². The van der Waals surface area contributed by atoms with E-state index < -0.39 is 0 Å². The quantitative estimate of drug-likeness (QED) is 0.698. The molecule has 82 valence electrons. The molecule has 0 bridgehead atoms. The molecule has 1 aromatic heterocycles. The first-order valence-corrected chi connectivity index (χ1v) is 6.16. The molecule has 3 rings (SSSR count). The molecule has 0 aliphatic heterocycles. The van der Waals surface area contributed by atoms with Crippen LogP contribution in [0.1, 0.15) is 43.0 Å². The number of aryl methyl sites for hydroxylation is 2. The summed E-state index contributed by atoms with van der Waals surface area (Å²) in [6.45, 7) is 4.46. The molecule has 0 radical (unpaired) electrons. The van der Waals surface area contributed by atoms with Gasteiger partial charge < -0.3 is 0 Å². The normalized spacial score (nSPS) is 14.7. The lowest BCUT2D eigenvalue weighted by Gasteiger charge is -2.08. The Hall–Kier alpha value is -1.37. The van der Waals surface area contributed by atoms with Gasteiger partial charge in [-0.3, -0.25) is 4.98 Å². The molecule has 1 heteroatoms. The number of nitrogens with zero attached hydrogens (tertiary/aromatic N) is 1. The average Bonchev–Trinajstić information content (AvgIpc) is 2.71. The molecule has 0 saturated heterocycles. The highest BCUT2D eigenvalue weighted by Gasteiger charge is 2.13. The molecular formula is C15H17N. The van der Waals surface area contributed by atoms with Crippen LogP contribution < -0.4 is 0 Å². The molecule has 1 heterocycles. The predicted molar refractivity (Wildman–Crippen MR) is 67.9 cm³/mol. The van der Waals surface area contributed by atoms with Crippen LogP contribution in [-0.4, -0.2) is 4.98 Å². The minimum Gasteiger partial charge on any atom is -0.253 e. The van der Waals surface area contributed by atoms with Crippen LogP contribution in [0.15, 0.2) is 24.3 Å². The average molecular weight is 211 g/mol. The number of pyridine rings is 1. The summed E-state index contributed by atoms with van der Waals surface area (Å²) in [7, 11) is 0. The van der Waals surface area contributed by atoms with E-state index in [1.165, 1.54) is 40.6 Å². The van der Waals surface area contributed by atoms with Crippen molar-refractivity contribution >= 4 is 10.9 Å². The monoisotopic (exact) mass is 211 g/mol.